The van der Waals surface area contributed by atoms with E-state index in [1.165, 1.54) is 11.3 Å². The van der Waals surface area contributed by atoms with Crippen molar-refractivity contribution < 1.29 is 9.53 Å². The highest BCUT2D eigenvalue weighted by Crippen LogP contribution is 2.28. The predicted octanol–water partition coefficient (Wildman–Crippen LogP) is 1.36. The number of thiazole rings is 1. The van der Waals surface area contributed by atoms with Crippen molar-refractivity contribution in [2.75, 3.05) is 49.4 Å². The van der Waals surface area contributed by atoms with Gasteiger partial charge in [0.05, 0.1) is 6.61 Å². The Morgan fingerprint density at radius 3 is 3.15 bits per heavy atom. The number of carbonyl (C=O) groups excluding carboxylic acids is 1. The summed E-state index contributed by atoms with van der Waals surface area (Å²) in [6.07, 6.45) is 0. The van der Waals surface area contributed by atoms with Crippen LogP contribution >= 0.6 is 23.1 Å². The molecule has 0 aliphatic carbocycles. The van der Waals surface area contributed by atoms with E-state index in [0.29, 0.717) is 29.0 Å². The molecule has 1 aliphatic rings. The molecule has 1 saturated heterocycles. The Labute approximate surface area is 127 Å². The molecule has 0 bridgehead atoms. The van der Waals surface area contributed by atoms with Crippen molar-refractivity contribution in [2.45, 2.75) is 13.0 Å². The maximum atomic E-state index is 12.5. The molecule has 1 aliphatic heterocycles. The van der Waals surface area contributed by atoms with Gasteiger partial charge in [-0.25, -0.2) is 4.98 Å². The number of hydrogen-bond donors (Lipinski definition) is 2. The van der Waals surface area contributed by atoms with E-state index < -0.39 is 0 Å². The first-order valence-electron chi connectivity index (χ1n) is 6.51. The Hall–Kier alpha value is -0.990. The number of nitrogens with two attached hydrogens (primary N) is 1. The SMILES string of the molecule is COCCNc1nc(N)c(C(=O)N2CCSCC2C)s1. The molecule has 112 valence electrons. The monoisotopic (exact) mass is 316 g/mol. The van der Waals surface area contributed by atoms with Gasteiger partial charge in [0.15, 0.2) is 5.13 Å². The smallest absolute Gasteiger partial charge is 0.268 e. The van der Waals surface area contributed by atoms with Crippen molar-refractivity contribution in [3.63, 3.8) is 0 Å². The number of amides is 1. The summed E-state index contributed by atoms with van der Waals surface area (Å²) in [5.41, 5.74) is 5.87. The van der Waals surface area contributed by atoms with E-state index in [0.717, 1.165) is 18.1 Å². The lowest BCUT2D eigenvalue weighted by atomic mass is 10.3. The van der Waals surface area contributed by atoms with Gasteiger partial charge in [-0.05, 0) is 6.92 Å². The zero-order chi connectivity index (χ0) is 14.5. The van der Waals surface area contributed by atoms with Crippen LogP contribution in [0.15, 0.2) is 0 Å². The third kappa shape index (κ3) is 3.56. The Morgan fingerprint density at radius 1 is 1.65 bits per heavy atom. The largest absolute Gasteiger partial charge is 0.383 e. The molecule has 1 unspecified atom stereocenters. The van der Waals surface area contributed by atoms with Gasteiger partial charge in [-0.1, -0.05) is 11.3 Å². The summed E-state index contributed by atoms with van der Waals surface area (Å²) in [4.78, 5) is 19.1. The summed E-state index contributed by atoms with van der Waals surface area (Å²) < 4.78 is 4.96. The van der Waals surface area contributed by atoms with E-state index in [9.17, 15) is 4.79 Å². The van der Waals surface area contributed by atoms with Crippen molar-refractivity contribution in [1.29, 1.82) is 0 Å². The Balaban J connectivity index is 2.05. The predicted molar refractivity (Wildman–Crippen MR) is 84.7 cm³/mol. The van der Waals surface area contributed by atoms with Gasteiger partial charge in [0.1, 0.15) is 10.7 Å². The Morgan fingerprint density at radius 2 is 2.45 bits per heavy atom. The number of thioether (sulfide) groups is 1. The van der Waals surface area contributed by atoms with Gasteiger partial charge in [0, 0.05) is 37.7 Å². The molecule has 0 saturated carbocycles. The summed E-state index contributed by atoms with van der Waals surface area (Å²) in [5, 5.41) is 3.77. The van der Waals surface area contributed by atoms with Crippen molar-refractivity contribution in [3.8, 4) is 0 Å². The normalized spacial score (nSPS) is 19.1. The minimum atomic E-state index is -0.00686. The van der Waals surface area contributed by atoms with Gasteiger partial charge in [-0.3, -0.25) is 4.79 Å². The summed E-state index contributed by atoms with van der Waals surface area (Å²) in [5.74, 6) is 2.26. The lowest BCUT2D eigenvalue weighted by molar-refractivity contribution is 0.0722. The highest BCUT2D eigenvalue weighted by molar-refractivity contribution is 7.99. The van der Waals surface area contributed by atoms with Crippen molar-refractivity contribution in [3.05, 3.63) is 4.88 Å². The molecular weight excluding hydrogens is 296 g/mol. The van der Waals surface area contributed by atoms with Crippen LogP contribution in [-0.4, -0.2) is 60.1 Å². The molecule has 2 heterocycles. The van der Waals surface area contributed by atoms with Gasteiger partial charge in [-0.2, -0.15) is 11.8 Å². The molecular formula is C12H20N4O2S2. The van der Waals surface area contributed by atoms with Crippen LogP contribution in [0.2, 0.25) is 0 Å². The lowest BCUT2D eigenvalue weighted by Gasteiger charge is -2.32. The maximum Gasteiger partial charge on any atom is 0.268 e. The first-order chi connectivity index (χ1) is 9.63. The number of nitrogens with one attached hydrogen (secondary N) is 1. The fraction of sp³-hybridized carbons (Fsp3) is 0.667. The number of aromatic nitrogens is 1. The van der Waals surface area contributed by atoms with Crippen molar-refractivity contribution >= 4 is 40.0 Å². The fourth-order valence-corrected chi connectivity index (χ4v) is 3.86. The zero-order valence-electron chi connectivity index (χ0n) is 11.7. The maximum absolute atomic E-state index is 12.5. The number of rotatable bonds is 5. The average molecular weight is 316 g/mol. The van der Waals surface area contributed by atoms with Gasteiger partial charge in [-0.15, -0.1) is 0 Å². The van der Waals surface area contributed by atoms with Gasteiger partial charge < -0.3 is 20.7 Å². The highest BCUT2D eigenvalue weighted by atomic mass is 32.2. The third-order valence-electron chi connectivity index (χ3n) is 3.06. The molecule has 20 heavy (non-hydrogen) atoms. The van der Waals surface area contributed by atoms with Crippen molar-refractivity contribution in [2.24, 2.45) is 0 Å². The van der Waals surface area contributed by atoms with Crippen LogP contribution in [0.25, 0.3) is 0 Å². The molecule has 1 atom stereocenters. The molecule has 1 aromatic heterocycles. The van der Waals surface area contributed by atoms with E-state index in [1.807, 2.05) is 16.7 Å². The number of nitrogens with zero attached hydrogens (tertiary/aromatic N) is 2. The summed E-state index contributed by atoms with van der Waals surface area (Å²) in [6, 6.07) is 0.243. The molecule has 0 radical (unpaired) electrons. The molecule has 0 spiro atoms. The summed E-state index contributed by atoms with van der Waals surface area (Å²) in [6.45, 7) is 4.07. The highest BCUT2D eigenvalue weighted by Gasteiger charge is 2.27. The van der Waals surface area contributed by atoms with Gasteiger partial charge in [0.2, 0.25) is 0 Å². The molecule has 1 aromatic rings. The second-order valence-corrected chi connectivity index (χ2v) is 6.72. The minimum absolute atomic E-state index is 0.00686. The van der Waals surface area contributed by atoms with Crippen LogP contribution in [-0.2, 0) is 4.74 Å². The second kappa shape index (κ2) is 7.14. The van der Waals surface area contributed by atoms with Gasteiger partial charge in [0.25, 0.3) is 5.91 Å². The standard InChI is InChI=1S/C12H20N4O2S2/c1-8-7-19-6-4-16(8)11(17)9-10(13)15-12(20-9)14-3-5-18-2/h8H,3-7,13H2,1-2H3,(H,14,15). The third-order valence-corrected chi connectivity index (χ3v) is 5.26. The van der Waals surface area contributed by atoms with Crippen LogP contribution in [0.3, 0.4) is 0 Å². The van der Waals surface area contributed by atoms with Crippen LogP contribution < -0.4 is 11.1 Å². The van der Waals surface area contributed by atoms with Gasteiger partial charge >= 0.3 is 0 Å². The molecule has 2 rings (SSSR count). The number of methoxy groups -OCH3 is 1. The Kier molecular flexibility index (Phi) is 5.50. The van der Waals surface area contributed by atoms with E-state index in [1.54, 1.807) is 7.11 Å². The Bertz CT molecular complexity index is 466. The van der Waals surface area contributed by atoms with E-state index in [2.05, 4.69) is 17.2 Å². The van der Waals surface area contributed by atoms with E-state index >= 15 is 0 Å². The molecule has 1 amide bonds. The number of hydrogen-bond acceptors (Lipinski definition) is 7. The molecule has 8 heteroatoms. The zero-order valence-corrected chi connectivity index (χ0v) is 13.4. The molecule has 3 N–H and O–H groups in total. The number of nitrogen functional groups attached to an aromatic ring is 1. The molecule has 1 fully saturated rings. The van der Waals surface area contributed by atoms with Crippen LogP contribution in [0.5, 0.6) is 0 Å². The minimum Gasteiger partial charge on any atom is -0.383 e. The van der Waals surface area contributed by atoms with E-state index in [4.69, 9.17) is 10.5 Å². The lowest BCUT2D eigenvalue weighted by Crippen LogP contribution is -2.44. The van der Waals surface area contributed by atoms with Crippen LogP contribution in [0.1, 0.15) is 16.6 Å². The van der Waals surface area contributed by atoms with Crippen LogP contribution in [0.4, 0.5) is 10.9 Å². The van der Waals surface area contributed by atoms with Crippen LogP contribution in [0, 0.1) is 0 Å². The second-order valence-electron chi connectivity index (χ2n) is 4.58. The number of anilines is 2. The van der Waals surface area contributed by atoms with E-state index in [-0.39, 0.29) is 11.9 Å². The number of carbonyl (C=O) groups is 1. The topological polar surface area (TPSA) is 80.5 Å². The number of ether oxygens (including phenoxy) is 1. The quantitative estimate of drug-likeness (QED) is 0.799. The van der Waals surface area contributed by atoms with Crippen molar-refractivity contribution in [1.82, 2.24) is 9.88 Å². The summed E-state index contributed by atoms with van der Waals surface area (Å²) >= 11 is 3.19. The first kappa shape index (κ1) is 15.4. The fourth-order valence-electron chi connectivity index (χ4n) is 1.98. The molecule has 0 aromatic carbocycles. The summed E-state index contributed by atoms with van der Waals surface area (Å²) in [7, 11) is 1.64. The molecule has 6 nitrogen and oxygen atoms in total. The first-order valence-corrected chi connectivity index (χ1v) is 8.48. The average Bonchev–Trinajstić information content (AvgIpc) is 2.80.